The lowest BCUT2D eigenvalue weighted by Crippen LogP contribution is -2.36. The number of nitrogens with zero attached hydrogens (tertiary/aromatic N) is 1. The predicted octanol–water partition coefficient (Wildman–Crippen LogP) is 2.68. The van der Waals surface area contributed by atoms with Crippen molar-refractivity contribution in [2.75, 3.05) is 13.2 Å². The molecule has 21 heavy (non-hydrogen) atoms. The van der Waals surface area contributed by atoms with E-state index in [-0.39, 0.29) is 12.5 Å². The first-order valence-corrected chi connectivity index (χ1v) is 7.63. The summed E-state index contributed by atoms with van der Waals surface area (Å²) in [4.78, 5) is 14.8. The standard InChI is InChI=1S/C18H23NO2/c1-14(2)13-19(16-10-11-16)18(21)17-9-4-3-7-15(17)8-5-6-12-20/h3-4,7,9,14,16,20H,6,10-13H2,1-2H3. The normalized spacial score (nSPS) is 13.7. The molecular formula is C18H23NO2. The Morgan fingerprint density at radius 3 is 2.71 bits per heavy atom. The number of carbonyl (C=O) groups is 1. The van der Waals surface area contributed by atoms with Gasteiger partial charge in [0.05, 0.1) is 12.2 Å². The van der Waals surface area contributed by atoms with Crippen molar-refractivity contribution in [3.63, 3.8) is 0 Å². The van der Waals surface area contributed by atoms with E-state index in [1.807, 2.05) is 29.2 Å². The van der Waals surface area contributed by atoms with Crippen molar-refractivity contribution in [1.82, 2.24) is 4.90 Å². The topological polar surface area (TPSA) is 40.5 Å². The van der Waals surface area contributed by atoms with E-state index in [4.69, 9.17) is 5.11 Å². The van der Waals surface area contributed by atoms with Gasteiger partial charge in [-0.1, -0.05) is 37.8 Å². The maximum absolute atomic E-state index is 12.8. The Hall–Kier alpha value is -1.79. The Morgan fingerprint density at radius 1 is 1.38 bits per heavy atom. The van der Waals surface area contributed by atoms with Crippen molar-refractivity contribution in [2.24, 2.45) is 5.92 Å². The van der Waals surface area contributed by atoms with Crippen molar-refractivity contribution in [2.45, 2.75) is 39.2 Å². The number of hydrogen-bond donors (Lipinski definition) is 1. The lowest BCUT2D eigenvalue weighted by atomic mass is 10.1. The maximum Gasteiger partial charge on any atom is 0.255 e. The van der Waals surface area contributed by atoms with Gasteiger partial charge in [0.15, 0.2) is 0 Å². The average Bonchev–Trinajstić information content (AvgIpc) is 3.29. The van der Waals surface area contributed by atoms with Crippen LogP contribution in [0.4, 0.5) is 0 Å². The highest BCUT2D eigenvalue weighted by molar-refractivity contribution is 5.97. The summed E-state index contributed by atoms with van der Waals surface area (Å²) in [7, 11) is 0. The molecule has 1 aromatic carbocycles. The van der Waals surface area contributed by atoms with E-state index in [9.17, 15) is 4.79 Å². The van der Waals surface area contributed by atoms with Crippen LogP contribution in [-0.4, -0.2) is 35.1 Å². The molecule has 2 rings (SSSR count). The molecule has 0 atom stereocenters. The van der Waals surface area contributed by atoms with E-state index in [2.05, 4.69) is 25.7 Å². The molecule has 112 valence electrons. The smallest absolute Gasteiger partial charge is 0.255 e. The molecule has 0 saturated heterocycles. The van der Waals surface area contributed by atoms with E-state index < -0.39 is 0 Å². The van der Waals surface area contributed by atoms with Gasteiger partial charge in [0, 0.05) is 24.6 Å². The Bertz CT molecular complexity index is 550. The quantitative estimate of drug-likeness (QED) is 0.845. The molecule has 0 bridgehead atoms. The van der Waals surface area contributed by atoms with Crippen LogP contribution < -0.4 is 0 Å². The fraction of sp³-hybridized carbons (Fsp3) is 0.500. The van der Waals surface area contributed by atoms with Gasteiger partial charge in [0.25, 0.3) is 5.91 Å². The maximum atomic E-state index is 12.8. The molecule has 3 nitrogen and oxygen atoms in total. The molecule has 0 aromatic heterocycles. The molecule has 1 aliphatic rings. The number of carbonyl (C=O) groups excluding carboxylic acids is 1. The van der Waals surface area contributed by atoms with Crippen molar-refractivity contribution in [3.8, 4) is 11.8 Å². The molecule has 0 heterocycles. The molecule has 1 saturated carbocycles. The van der Waals surface area contributed by atoms with Gasteiger partial charge in [-0.15, -0.1) is 0 Å². The van der Waals surface area contributed by atoms with E-state index >= 15 is 0 Å². The third kappa shape index (κ3) is 4.34. The second kappa shape index (κ2) is 7.28. The molecule has 1 aliphatic carbocycles. The van der Waals surface area contributed by atoms with Crippen LogP contribution in [0.2, 0.25) is 0 Å². The lowest BCUT2D eigenvalue weighted by molar-refractivity contribution is 0.0722. The third-order valence-corrected chi connectivity index (χ3v) is 3.43. The summed E-state index contributed by atoms with van der Waals surface area (Å²) in [6.07, 6.45) is 2.65. The molecule has 0 spiro atoms. The lowest BCUT2D eigenvalue weighted by Gasteiger charge is -2.25. The summed E-state index contributed by atoms with van der Waals surface area (Å²) < 4.78 is 0. The van der Waals surface area contributed by atoms with E-state index in [1.54, 1.807) is 0 Å². The first kappa shape index (κ1) is 15.6. The van der Waals surface area contributed by atoms with Gasteiger partial charge < -0.3 is 10.0 Å². The number of aliphatic hydroxyl groups excluding tert-OH is 1. The van der Waals surface area contributed by atoms with E-state index in [0.29, 0.717) is 23.9 Å². The van der Waals surface area contributed by atoms with Gasteiger partial charge in [-0.2, -0.15) is 0 Å². The number of amides is 1. The van der Waals surface area contributed by atoms with Gasteiger partial charge in [0.1, 0.15) is 0 Å². The molecule has 1 aromatic rings. The van der Waals surface area contributed by atoms with E-state index in [0.717, 1.165) is 24.9 Å². The Balaban J connectivity index is 2.23. The highest BCUT2D eigenvalue weighted by Crippen LogP contribution is 2.29. The van der Waals surface area contributed by atoms with Crippen molar-refractivity contribution in [1.29, 1.82) is 0 Å². The summed E-state index contributed by atoms with van der Waals surface area (Å²) in [6.45, 7) is 5.11. The van der Waals surface area contributed by atoms with Crippen LogP contribution in [0.5, 0.6) is 0 Å². The minimum atomic E-state index is 0.0463. The Labute approximate surface area is 127 Å². The van der Waals surface area contributed by atoms with Gasteiger partial charge in [-0.3, -0.25) is 4.79 Å². The monoisotopic (exact) mass is 285 g/mol. The van der Waals surface area contributed by atoms with Crippen LogP contribution in [0.1, 0.15) is 49.0 Å². The van der Waals surface area contributed by atoms with Crippen LogP contribution in [0.25, 0.3) is 0 Å². The molecule has 1 amide bonds. The Kier molecular flexibility index (Phi) is 5.41. The summed E-state index contributed by atoms with van der Waals surface area (Å²) in [5.41, 5.74) is 1.43. The minimum absolute atomic E-state index is 0.0463. The van der Waals surface area contributed by atoms with Crippen molar-refractivity contribution >= 4 is 5.91 Å². The van der Waals surface area contributed by atoms with Gasteiger partial charge >= 0.3 is 0 Å². The van der Waals surface area contributed by atoms with Gasteiger partial charge in [-0.05, 0) is 30.9 Å². The summed E-state index contributed by atoms with van der Waals surface area (Å²) in [6, 6.07) is 7.89. The SMILES string of the molecule is CC(C)CN(C(=O)c1ccccc1C#CCCO)C1CC1. The number of benzene rings is 1. The molecule has 1 fully saturated rings. The molecular weight excluding hydrogens is 262 g/mol. The number of hydrogen-bond acceptors (Lipinski definition) is 2. The molecule has 0 unspecified atom stereocenters. The second-order valence-electron chi connectivity index (χ2n) is 5.90. The molecule has 0 radical (unpaired) electrons. The third-order valence-electron chi connectivity index (χ3n) is 3.43. The van der Waals surface area contributed by atoms with Gasteiger partial charge in [-0.25, -0.2) is 0 Å². The zero-order valence-corrected chi connectivity index (χ0v) is 12.8. The zero-order valence-electron chi connectivity index (χ0n) is 12.8. The summed E-state index contributed by atoms with van der Waals surface area (Å²) in [5, 5.41) is 8.81. The van der Waals surface area contributed by atoms with E-state index in [1.165, 1.54) is 0 Å². The summed E-state index contributed by atoms with van der Waals surface area (Å²) in [5.74, 6) is 6.45. The van der Waals surface area contributed by atoms with Crippen LogP contribution in [0, 0.1) is 17.8 Å². The number of rotatable bonds is 5. The predicted molar refractivity (Wildman–Crippen MR) is 83.9 cm³/mol. The average molecular weight is 285 g/mol. The minimum Gasteiger partial charge on any atom is -0.395 e. The fourth-order valence-corrected chi connectivity index (χ4v) is 2.32. The molecule has 1 N–H and O–H groups in total. The van der Waals surface area contributed by atoms with Crippen LogP contribution in [-0.2, 0) is 0 Å². The van der Waals surface area contributed by atoms with Crippen molar-refractivity contribution < 1.29 is 9.90 Å². The van der Waals surface area contributed by atoms with Crippen LogP contribution in [0.15, 0.2) is 24.3 Å². The Morgan fingerprint density at radius 2 is 2.10 bits per heavy atom. The summed E-state index contributed by atoms with van der Waals surface area (Å²) >= 11 is 0. The number of aliphatic hydroxyl groups is 1. The highest BCUT2D eigenvalue weighted by Gasteiger charge is 2.33. The van der Waals surface area contributed by atoms with Crippen molar-refractivity contribution in [3.05, 3.63) is 35.4 Å². The van der Waals surface area contributed by atoms with Gasteiger partial charge in [0.2, 0.25) is 0 Å². The first-order valence-electron chi connectivity index (χ1n) is 7.63. The van der Waals surface area contributed by atoms with Crippen LogP contribution in [0.3, 0.4) is 0 Å². The molecule has 3 heteroatoms. The molecule has 0 aliphatic heterocycles. The zero-order chi connectivity index (χ0) is 15.2. The fourth-order valence-electron chi connectivity index (χ4n) is 2.32. The highest BCUT2D eigenvalue weighted by atomic mass is 16.2. The first-order chi connectivity index (χ1) is 10.1. The van der Waals surface area contributed by atoms with Crippen LogP contribution >= 0.6 is 0 Å². The second-order valence-corrected chi connectivity index (χ2v) is 5.90. The largest absolute Gasteiger partial charge is 0.395 e.